The number of carbonyl (C=O) groups is 1. The van der Waals surface area contributed by atoms with Gasteiger partial charge < -0.3 is 9.64 Å². The van der Waals surface area contributed by atoms with Crippen molar-refractivity contribution < 1.29 is 44.3 Å². The van der Waals surface area contributed by atoms with Crippen LogP contribution in [0.4, 0.5) is 32.0 Å². The van der Waals surface area contributed by atoms with Gasteiger partial charge in [-0.1, -0.05) is 18.2 Å². The lowest BCUT2D eigenvalue weighted by atomic mass is 10.0. The van der Waals surface area contributed by atoms with Crippen molar-refractivity contribution in [2.45, 2.75) is 23.7 Å². The van der Waals surface area contributed by atoms with E-state index in [0.717, 1.165) is 29.5 Å². The first-order valence-corrected chi connectivity index (χ1v) is 13.5. The van der Waals surface area contributed by atoms with Gasteiger partial charge in [0.05, 0.1) is 41.3 Å². The Balaban J connectivity index is 1.64. The molecule has 0 spiro atoms. The van der Waals surface area contributed by atoms with Crippen LogP contribution in [0.2, 0.25) is 0 Å². The van der Waals surface area contributed by atoms with Crippen molar-refractivity contribution in [3.63, 3.8) is 0 Å². The van der Waals surface area contributed by atoms with Gasteiger partial charge >= 0.3 is 12.4 Å². The summed E-state index contributed by atoms with van der Waals surface area (Å²) in [6.07, 6.45) is -10.0. The summed E-state index contributed by atoms with van der Waals surface area (Å²) in [7, 11) is -4.80. The number of benzene rings is 2. The summed E-state index contributed by atoms with van der Waals surface area (Å²) in [6, 6.07) is 7.26. The minimum Gasteiger partial charge on any atom is -0.378 e. The van der Waals surface area contributed by atoms with Crippen LogP contribution < -0.4 is 4.72 Å². The summed E-state index contributed by atoms with van der Waals surface area (Å²) in [5.74, 6) is -0.280. The van der Waals surface area contributed by atoms with Crippen LogP contribution >= 0.6 is 11.3 Å². The molecule has 6 nitrogen and oxygen atoms in total. The molecule has 1 amide bonds. The fourth-order valence-corrected chi connectivity index (χ4v) is 6.06. The Morgan fingerprint density at radius 1 is 0.947 bits per heavy atom. The number of amides is 1. The number of nitrogens with zero attached hydrogens (tertiary/aromatic N) is 1. The molecule has 2 aromatic carbocycles. The van der Waals surface area contributed by atoms with E-state index < -0.39 is 38.4 Å². The van der Waals surface area contributed by atoms with Gasteiger partial charge in [-0.15, -0.1) is 11.3 Å². The Bertz CT molecular complexity index is 1430. The third-order valence-electron chi connectivity index (χ3n) is 5.76. The largest absolute Gasteiger partial charge is 0.417 e. The number of carbonyl (C=O) groups excluding carboxylic acids is 1. The summed E-state index contributed by atoms with van der Waals surface area (Å²) in [5.41, 5.74) is -3.04. The lowest BCUT2D eigenvalue weighted by Gasteiger charge is -2.26. The molecule has 0 aliphatic carbocycles. The Labute approximate surface area is 217 Å². The summed E-state index contributed by atoms with van der Waals surface area (Å²) >= 11 is 1.07. The van der Waals surface area contributed by atoms with E-state index in [1.165, 1.54) is 17.5 Å². The highest BCUT2D eigenvalue weighted by Gasteiger charge is 2.38. The molecular formula is C24H20F6N2O4S2. The van der Waals surface area contributed by atoms with Gasteiger partial charge in [0.15, 0.2) is 0 Å². The molecule has 204 valence electrons. The maximum absolute atomic E-state index is 13.9. The van der Waals surface area contributed by atoms with E-state index in [1.807, 2.05) is 0 Å². The molecule has 38 heavy (non-hydrogen) atoms. The lowest BCUT2D eigenvalue weighted by molar-refractivity contribution is -0.140. The van der Waals surface area contributed by atoms with E-state index in [1.54, 1.807) is 4.90 Å². The maximum Gasteiger partial charge on any atom is 0.417 e. The molecule has 1 aromatic heterocycles. The van der Waals surface area contributed by atoms with Gasteiger partial charge in [-0.2, -0.15) is 26.3 Å². The van der Waals surface area contributed by atoms with Gasteiger partial charge in [-0.05, 0) is 46.8 Å². The Kier molecular flexibility index (Phi) is 7.77. The zero-order valence-electron chi connectivity index (χ0n) is 19.4. The Morgan fingerprint density at radius 3 is 2.29 bits per heavy atom. The lowest BCUT2D eigenvalue weighted by Crippen LogP contribution is -2.41. The zero-order chi connectivity index (χ0) is 27.7. The maximum atomic E-state index is 13.9. The molecule has 0 radical (unpaired) electrons. The number of anilines is 1. The first-order valence-electron chi connectivity index (χ1n) is 11.1. The topological polar surface area (TPSA) is 75.7 Å². The minimum atomic E-state index is -5.13. The molecule has 3 aromatic rings. The van der Waals surface area contributed by atoms with Crippen LogP contribution in [0.15, 0.2) is 58.8 Å². The number of thiophene rings is 1. The summed E-state index contributed by atoms with van der Waals surface area (Å²) in [4.78, 5) is 13.3. The van der Waals surface area contributed by atoms with Gasteiger partial charge in [0, 0.05) is 18.0 Å². The van der Waals surface area contributed by atoms with E-state index in [4.69, 9.17) is 4.74 Å². The van der Waals surface area contributed by atoms with Crippen LogP contribution in [0.1, 0.15) is 16.0 Å². The molecule has 4 rings (SSSR count). The first kappa shape index (κ1) is 27.9. The van der Waals surface area contributed by atoms with Crippen molar-refractivity contribution in [2.75, 3.05) is 31.0 Å². The Hall–Kier alpha value is -3.10. The van der Waals surface area contributed by atoms with Crippen LogP contribution in [-0.4, -0.2) is 45.5 Å². The number of hydrogen-bond acceptors (Lipinski definition) is 5. The van der Waals surface area contributed by atoms with Crippen molar-refractivity contribution >= 4 is 33.0 Å². The Morgan fingerprint density at radius 2 is 1.63 bits per heavy atom. The molecule has 1 fully saturated rings. The van der Waals surface area contributed by atoms with Crippen LogP contribution in [0, 0.1) is 0 Å². The number of alkyl halides is 6. The van der Waals surface area contributed by atoms with Gasteiger partial charge in [0.25, 0.3) is 10.0 Å². The second-order valence-corrected chi connectivity index (χ2v) is 11.0. The number of nitrogens with one attached hydrogen (secondary N) is 1. The zero-order valence-corrected chi connectivity index (χ0v) is 21.0. The molecule has 1 aliphatic rings. The van der Waals surface area contributed by atoms with Crippen molar-refractivity contribution in [3.8, 4) is 11.1 Å². The average Bonchev–Trinajstić information content (AvgIpc) is 3.28. The van der Waals surface area contributed by atoms with Crippen LogP contribution in [-0.2, 0) is 38.3 Å². The number of hydrogen-bond donors (Lipinski definition) is 1. The fraction of sp³-hybridized carbons (Fsp3) is 0.292. The van der Waals surface area contributed by atoms with E-state index in [-0.39, 0.29) is 29.1 Å². The molecule has 0 atom stereocenters. The predicted molar refractivity (Wildman–Crippen MR) is 128 cm³/mol. The van der Waals surface area contributed by atoms with Crippen LogP contribution in [0.25, 0.3) is 11.1 Å². The van der Waals surface area contributed by atoms with Gasteiger partial charge in [0.2, 0.25) is 5.91 Å². The average molecular weight is 579 g/mol. The van der Waals surface area contributed by atoms with Gasteiger partial charge in [-0.3, -0.25) is 9.52 Å². The molecule has 1 saturated heterocycles. The van der Waals surface area contributed by atoms with Crippen molar-refractivity contribution in [1.29, 1.82) is 0 Å². The highest BCUT2D eigenvalue weighted by Crippen LogP contribution is 2.39. The molecule has 14 heteroatoms. The van der Waals surface area contributed by atoms with E-state index in [2.05, 4.69) is 4.72 Å². The summed E-state index contributed by atoms with van der Waals surface area (Å²) < 4.78 is 115. The normalized spacial score (nSPS) is 14.9. The van der Waals surface area contributed by atoms with Crippen molar-refractivity contribution in [3.05, 3.63) is 69.9 Å². The van der Waals surface area contributed by atoms with Gasteiger partial charge in [0.1, 0.15) is 0 Å². The fourth-order valence-electron chi connectivity index (χ4n) is 3.87. The van der Waals surface area contributed by atoms with Crippen LogP contribution in [0.5, 0.6) is 0 Å². The molecule has 0 bridgehead atoms. The van der Waals surface area contributed by atoms with Crippen LogP contribution in [0.3, 0.4) is 0 Å². The standard InChI is InChI=1S/C24H20F6N2O4S2/c25-23(26,27)17-3-1-2-15(12-17)16-4-5-21(18(13-16)24(28,29)30)38(34,35)31-19-6-11-37-20(19)14-22(33)32-7-9-36-10-8-32/h1-6,11-13,31H,7-10,14H2. The highest BCUT2D eigenvalue weighted by molar-refractivity contribution is 7.92. The van der Waals surface area contributed by atoms with Crippen molar-refractivity contribution in [1.82, 2.24) is 4.90 Å². The highest BCUT2D eigenvalue weighted by atomic mass is 32.2. The molecule has 0 unspecified atom stereocenters. The third-order valence-corrected chi connectivity index (χ3v) is 8.11. The molecular weight excluding hydrogens is 558 g/mol. The number of ether oxygens (including phenoxy) is 1. The number of sulfonamides is 1. The SMILES string of the molecule is O=C(Cc1sccc1NS(=O)(=O)c1ccc(-c2cccc(C(F)(F)F)c2)cc1C(F)(F)F)N1CCOCC1. The van der Waals surface area contributed by atoms with Gasteiger partial charge in [-0.25, -0.2) is 8.42 Å². The number of halogens is 6. The molecule has 1 aliphatic heterocycles. The smallest absolute Gasteiger partial charge is 0.378 e. The quantitative estimate of drug-likeness (QED) is 0.384. The predicted octanol–water partition coefficient (Wildman–Crippen LogP) is 5.65. The van der Waals surface area contributed by atoms with E-state index >= 15 is 0 Å². The summed E-state index contributed by atoms with van der Waals surface area (Å²) in [6.45, 7) is 1.48. The number of morpholine rings is 1. The second-order valence-electron chi connectivity index (χ2n) is 8.32. The number of rotatable bonds is 6. The first-order chi connectivity index (χ1) is 17.8. The minimum absolute atomic E-state index is 0.0355. The summed E-state index contributed by atoms with van der Waals surface area (Å²) in [5, 5.41) is 1.50. The molecule has 0 saturated carbocycles. The third kappa shape index (κ3) is 6.30. The molecule has 2 heterocycles. The second kappa shape index (κ2) is 10.6. The van der Waals surface area contributed by atoms with E-state index in [0.29, 0.717) is 49.4 Å². The van der Waals surface area contributed by atoms with E-state index in [9.17, 15) is 39.6 Å². The molecule has 1 N–H and O–H groups in total. The monoisotopic (exact) mass is 578 g/mol. The van der Waals surface area contributed by atoms with Crippen molar-refractivity contribution in [2.24, 2.45) is 0 Å².